The molecule has 1 amide bonds. The quantitative estimate of drug-likeness (QED) is 0.296. The van der Waals surface area contributed by atoms with Crippen molar-refractivity contribution in [3.8, 4) is 11.5 Å². The van der Waals surface area contributed by atoms with Crippen molar-refractivity contribution in [2.24, 2.45) is 0 Å². The number of halogens is 2. The van der Waals surface area contributed by atoms with E-state index in [2.05, 4.69) is 19.1 Å². The molecule has 0 heterocycles. The van der Waals surface area contributed by atoms with Gasteiger partial charge in [0.2, 0.25) is 0 Å². The van der Waals surface area contributed by atoms with Gasteiger partial charge in [-0.1, -0.05) is 42.3 Å². The van der Waals surface area contributed by atoms with Crippen molar-refractivity contribution in [3.63, 3.8) is 0 Å². The topological polar surface area (TPSA) is 38.8 Å². The number of hydrogen-bond acceptors (Lipinski definition) is 3. The minimum atomic E-state index is -0.166. The molecule has 32 heavy (non-hydrogen) atoms. The summed E-state index contributed by atoms with van der Waals surface area (Å²) in [4.78, 5) is 14.8. The van der Waals surface area contributed by atoms with Gasteiger partial charge in [-0.05, 0) is 83.2 Å². The normalized spacial score (nSPS) is 11.2. The van der Waals surface area contributed by atoms with Gasteiger partial charge in [0.15, 0.2) is 0 Å². The molecule has 0 fully saturated rings. The van der Waals surface area contributed by atoms with Crippen LogP contribution >= 0.6 is 23.2 Å². The number of amides is 1. The van der Waals surface area contributed by atoms with E-state index in [-0.39, 0.29) is 18.0 Å². The zero-order valence-corrected chi connectivity index (χ0v) is 21.3. The third-order valence-electron chi connectivity index (χ3n) is 5.23. The third-order valence-corrected chi connectivity index (χ3v) is 5.83. The maximum absolute atomic E-state index is 13.0. The third kappa shape index (κ3) is 7.60. The predicted molar refractivity (Wildman–Crippen MR) is 134 cm³/mol. The van der Waals surface area contributed by atoms with Gasteiger partial charge in [0.05, 0.1) is 28.8 Å². The van der Waals surface area contributed by atoms with Crippen LogP contribution in [0.3, 0.4) is 0 Å². The molecular formula is C26H35Cl2NO3. The van der Waals surface area contributed by atoms with E-state index in [0.29, 0.717) is 34.6 Å². The minimum Gasteiger partial charge on any atom is -0.494 e. The van der Waals surface area contributed by atoms with E-state index >= 15 is 0 Å². The molecule has 4 nitrogen and oxygen atoms in total. The van der Waals surface area contributed by atoms with Crippen LogP contribution in [-0.2, 0) is 6.42 Å². The Morgan fingerprint density at radius 1 is 0.844 bits per heavy atom. The van der Waals surface area contributed by atoms with Gasteiger partial charge in [0, 0.05) is 12.1 Å². The molecule has 0 bridgehead atoms. The number of benzene rings is 2. The molecule has 0 atom stereocenters. The first-order valence-corrected chi connectivity index (χ1v) is 12.2. The lowest BCUT2D eigenvalue weighted by Crippen LogP contribution is -2.42. The monoisotopic (exact) mass is 479 g/mol. The van der Waals surface area contributed by atoms with Crippen LogP contribution < -0.4 is 9.47 Å². The fourth-order valence-corrected chi connectivity index (χ4v) is 4.24. The second kappa shape index (κ2) is 13.0. The van der Waals surface area contributed by atoms with Crippen molar-refractivity contribution in [3.05, 3.63) is 57.6 Å². The lowest BCUT2D eigenvalue weighted by molar-refractivity contribution is 0.0644. The van der Waals surface area contributed by atoms with Gasteiger partial charge in [-0.25, -0.2) is 0 Å². The Hall–Kier alpha value is -1.91. The summed E-state index contributed by atoms with van der Waals surface area (Å²) in [5.41, 5.74) is 1.64. The van der Waals surface area contributed by atoms with Crippen molar-refractivity contribution in [1.82, 2.24) is 4.90 Å². The summed E-state index contributed by atoms with van der Waals surface area (Å²) in [6, 6.07) is 11.7. The highest BCUT2D eigenvalue weighted by Crippen LogP contribution is 2.32. The van der Waals surface area contributed by atoms with Gasteiger partial charge in [0.25, 0.3) is 5.91 Å². The smallest absolute Gasteiger partial charge is 0.257 e. The Bertz CT molecular complexity index is 835. The molecule has 0 N–H and O–H groups in total. The van der Waals surface area contributed by atoms with Gasteiger partial charge >= 0.3 is 0 Å². The summed E-state index contributed by atoms with van der Waals surface area (Å²) < 4.78 is 11.6. The van der Waals surface area contributed by atoms with Crippen molar-refractivity contribution in [2.75, 3.05) is 13.2 Å². The predicted octanol–water partition coefficient (Wildman–Crippen LogP) is 7.44. The summed E-state index contributed by atoms with van der Waals surface area (Å²) in [5.74, 6) is 1.32. The van der Waals surface area contributed by atoms with Crippen LogP contribution in [0.2, 0.25) is 10.0 Å². The SMILES string of the molecule is CCc1ccc(OCCCCCOc2cc(Cl)c(C(=O)N(C(C)C)C(C)C)c(Cl)c2)cc1. The van der Waals surface area contributed by atoms with E-state index in [4.69, 9.17) is 32.7 Å². The van der Waals surface area contributed by atoms with Gasteiger partial charge < -0.3 is 14.4 Å². The number of unbranched alkanes of at least 4 members (excludes halogenated alkanes) is 2. The standard InChI is InChI=1S/C26H35Cl2NO3/c1-6-20-10-12-21(13-11-20)31-14-8-7-9-15-32-22-16-23(27)25(24(28)17-22)26(30)29(18(2)3)19(4)5/h10-13,16-19H,6-9,14-15H2,1-5H3. The number of ether oxygens (including phenoxy) is 2. The number of carbonyl (C=O) groups excluding carboxylic acids is 1. The molecule has 0 saturated heterocycles. The molecule has 0 unspecified atom stereocenters. The van der Waals surface area contributed by atoms with Crippen molar-refractivity contribution in [2.45, 2.75) is 72.4 Å². The Morgan fingerprint density at radius 2 is 1.34 bits per heavy atom. The maximum Gasteiger partial charge on any atom is 0.257 e. The summed E-state index contributed by atoms with van der Waals surface area (Å²) in [5, 5.41) is 0.623. The summed E-state index contributed by atoms with van der Waals surface area (Å²) >= 11 is 12.8. The van der Waals surface area contributed by atoms with E-state index in [1.807, 2.05) is 39.8 Å². The van der Waals surface area contributed by atoms with Crippen LogP contribution in [0.4, 0.5) is 0 Å². The molecule has 0 aliphatic carbocycles. The van der Waals surface area contributed by atoms with Crippen LogP contribution in [0, 0.1) is 0 Å². The molecule has 0 spiro atoms. The van der Waals surface area contributed by atoms with Crippen molar-refractivity contribution >= 4 is 29.1 Å². The van der Waals surface area contributed by atoms with Crippen LogP contribution in [0.5, 0.6) is 11.5 Å². The van der Waals surface area contributed by atoms with E-state index in [0.717, 1.165) is 31.4 Å². The molecule has 176 valence electrons. The number of rotatable bonds is 12. The second-order valence-electron chi connectivity index (χ2n) is 8.42. The first-order chi connectivity index (χ1) is 15.2. The van der Waals surface area contributed by atoms with E-state index < -0.39 is 0 Å². The number of nitrogens with zero attached hydrogens (tertiary/aromatic N) is 1. The van der Waals surface area contributed by atoms with E-state index in [1.165, 1.54) is 5.56 Å². The number of aryl methyl sites for hydroxylation is 1. The summed E-state index contributed by atoms with van der Waals surface area (Å²) in [6.07, 6.45) is 3.86. The molecular weight excluding hydrogens is 445 g/mol. The lowest BCUT2D eigenvalue weighted by atomic mass is 10.1. The Morgan fingerprint density at radius 3 is 1.81 bits per heavy atom. The highest BCUT2D eigenvalue weighted by Gasteiger charge is 2.26. The fraction of sp³-hybridized carbons (Fsp3) is 0.500. The van der Waals surface area contributed by atoms with Crippen molar-refractivity contribution < 1.29 is 14.3 Å². The van der Waals surface area contributed by atoms with Crippen LogP contribution in [0.15, 0.2) is 36.4 Å². The van der Waals surface area contributed by atoms with Crippen LogP contribution in [-0.4, -0.2) is 36.1 Å². The summed E-state index contributed by atoms with van der Waals surface area (Å²) in [6.45, 7) is 11.3. The average Bonchev–Trinajstić information content (AvgIpc) is 2.72. The zero-order valence-electron chi connectivity index (χ0n) is 19.8. The summed E-state index contributed by atoms with van der Waals surface area (Å²) in [7, 11) is 0. The second-order valence-corrected chi connectivity index (χ2v) is 9.23. The number of hydrogen-bond donors (Lipinski definition) is 0. The minimum absolute atomic E-state index is 0.0465. The fourth-order valence-electron chi connectivity index (χ4n) is 3.61. The van der Waals surface area contributed by atoms with Gasteiger partial charge in [-0.15, -0.1) is 0 Å². The Balaban J connectivity index is 1.79. The van der Waals surface area contributed by atoms with Crippen LogP contribution in [0.25, 0.3) is 0 Å². The van der Waals surface area contributed by atoms with Gasteiger partial charge in [-0.3, -0.25) is 4.79 Å². The van der Waals surface area contributed by atoms with E-state index in [9.17, 15) is 4.79 Å². The lowest BCUT2D eigenvalue weighted by Gasteiger charge is -2.31. The highest BCUT2D eigenvalue weighted by molar-refractivity contribution is 6.39. The van der Waals surface area contributed by atoms with Crippen LogP contribution in [0.1, 0.15) is 69.8 Å². The van der Waals surface area contributed by atoms with Crippen molar-refractivity contribution in [1.29, 1.82) is 0 Å². The van der Waals surface area contributed by atoms with Gasteiger partial charge in [-0.2, -0.15) is 0 Å². The first kappa shape index (κ1) is 26.3. The molecule has 2 rings (SSSR count). The maximum atomic E-state index is 13.0. The molecule has 0 aliphatic rings. The molecule has 6 heteroatoms. The molecule has 0 radical (unpaired) electrons. The largest absolute Gasteiger partial charge is 0.494 e. The molecule has 0 aliphatic heterocycles. The Kier molecular flexibility index (Phi) is 10.7. The van der Waals surface area contributed by atoms with E-state index in [1.54, 1.807) is 17.0 Å². The first-order valence-electron chi connectivity index (χ1n) is 11.4. The molecule has 0 saturated carbocycles. The zero-order chi connectivity index (χ0) is 23.7. The molecule has 0 aromatic heterocycles. The van der Waals surface area contributed by atoms with Gasteiger partial charge in [0.1, 0.15) is 11.5 Å². The number of carbonyl (C=O) groups is 1. The molecule has 2 aromatic carbocycles. The highest BCUT2D eigenvalue weighted by atomic mass is 35.5. The average molecular weight is 480 g/mol. The molecule has 2 aromatic rings. The Labute approximate surface area is 202 Å².